The number of aromatic nitrogens is 3. The monoisotopic (exact) mass is 295 g/mol. The summed E-state index contributed by atoms with van der Waals surface area (Å²) in [5, 5.41) is 15.0. The van der Waals surface area contributed by atoms with E-state index >= 15 is 0 Å². The molecular weight excluding hydrogens is 274 g/mol. The van der Waals surface area contributed by atoms with Crippen LogP contribution in [0.25, 0.3) is 16.9 Å². The molecule has 2 heterocycles. The minimum atomic E-state index is 0.189. The highest BCUT2D eigenvalue weighted by atomic mass is 16.3. The smallest absolute Gasteiger partial charge is 0.219 e. The zero-order chi connectivity index (χ0) is 15.9. The summed E-state index contributed by atoms with van der Waals surface area (Å²) in [6.07, 6.45) is 1.02. The lowest BCUT2D eigenvalue weighted by molar-refractivity contribution is 0.423. The first-order chi connectivity index (χ1) is 10.5. The second-order valence-corrected chi connectivity index (χ2v) is 5.94. The van der Waals surface area contributed by atoms with E-state index in [4.69, 9.17) is 0 Å². The second-order valence-electron chi connectivity index (χ2n) is 5.94. The molecule has 2 aromatic heterocycles. The van der Waals surface area contributed by atoms with E-state index in [2.05, 4.69) is 41.3 Å². The van der Waals surface area contributed by atoms with Gasteiger partial charge in [-0.25, -0.2) is 4.98 Å². The van der Waals surface area contributed by atoms with Gasteiger partial charge in [-0.1, -0.05) is 45.0 Å². The van der Waals surface area contributed by atoms with Crippen LogP contribution in [0.5, 0.6) is 5.88 Å². The first-order valence-electron chi connectivity index (χ1n) is 7.69. The molecule has 0 aliphatic carbocycles. The van der Waals surface area contributed by atoms with Gasteiger partial charge in [-0.15, -0.1) is 0 Å². The average molecular weight is 295 g/mol. The number of aryl methyl sites for hydroxylation is 2. The molecule has 0 aliphatic heterocycles. The molecule has 3 aromatic rings. The van der Waals surface area contributed by atoms with Gasteiger partial charge in [0.15, 0.2) is 5.65 Å². The Morgan fingerprint density at radius 1 is 1.18 bits per heavy atom. The summed E-state index contributed by atoms with van der Waals surface area (Å²) in [5.74, 6) is 0.391. The van der Waals surface area contributed by atoms with Crippen molar-refractivity contribution in [1.29, 1.82) is 0 Å². The molecular formula is C18H21N3O. The van der Waals surface area contributed by atoms with Gasteiger partial charge in [-0.05, 0) is 24.8 Å². The maximum atomic E-state index is 10.5. The molecule has 1 N–H and O–H groups in total. The van der Waals surface area contributed by atoms with Crippen LogP contribution in [0.3, 0.4) is 0 Å². The largest absolute Gasteiger partial charge is 0.493 e. The lowest BCUT2D eigenvalue weighted by atomic mass is 10.0. The van der Waals surface area contributed by atoms with Gasteiger partial charge < -0.3 is 5.11 Å². The van der Waals surface area contributed by atoms with Crippen LogP contribution in [0, 0.1) is 6.92 Å². The Hall–Kier alpha value is -2.36. The summed E-state index contributed by atoms with van der Waals surface area (Å²) in [5.41, 5.74) is 5.54. The quantitative estimate of drug-likeness (QED) is 0.791. The van der Waals surface area contributed by atoms with Crippen molar-refractivity contribution in [2.75, 3.05) is 0 Å². The average Bonchev–Trinajstić information content (AvgIpc) is 2.91. The van der Waals surface area contributed by atoms with Crippen LogP contribution in [0.1, 0.15) is 43.5 Å². The van der Waals surface area contributed by atoms with E-state index in [0.717, 1.165) is 28.9 Å². The molecule has 0 aliphatic rings. The van der Waals surface area contributed by atoms with Gasteiger partial charge >= 0.3 is 0 Å². The maximum absolute atomic E-state index is 10.5. The molecule has 0 radical (unpaired) electrons. The highest BCUT2D eigenvalue weighted by molar-refractivity contribution is 5.65. The molecule has 0 unspecified atom stereocenters. The molecule has 22 heavy (non-hydrogen) atoms. The van der Waals surface area contributed by atoms with E-state index in [1.807, 2.05) is 26.8 Å². The fraction of sp³-hybridized carbons (Fsp3) is 0.333. The Balaban J connectivity index is 2.15. The number of benzene rings is 1. The van der Waals surface area contributed by atoms with E-state index in [-0.39, 0.29) is 11.8 Å². The van der Waals surface area contributed by atoms with Crippen LogP contribution in [0.2, 0.25) is 0 Å². The van der Waals surface area contributed by atoms with Gasteiger partial charge in [0.25, 0.3) is 0 Å². The first kappa shape index (κ1) is 14.6. The van der Waals surface area contributed by atoms with Gasteiger partial charge in [0, 0.05) is 22.9 Å². The Morgan fingerprint density at radius 3 is 2.45 bits per heavy atom. The first-order valence-corrected chi connectivity index (χ1v) is 7.69. The topological polar surface area (TPSA) is 50.4 Å². The minimum absolute atomic E-state index is 0.189. The Labute approximate surface area is 130 Å². The molecule has 4 nitrogen and oxygen atoms in total. The minimum Gasteiger partial charge on any atom is -0.493 e. The summed E-state index contributed by atoms with van der Waals surface area (Å²) >= 11 is 0. The van der Waals surface area contributed by atoms with Crippen LogP contribution < -0.4 is 0 Å². The van der Waals surface area contributed by atoms with Crippen LogP contribution in [0.15, 0.2) is 30.3 Å². The van der Waals surface area contributed by atoms with Gasteiger partial charge in [-0.2, -0.15) is 9.61 Å². The number of fused-ring (bicyclic) bond motifs is 1. The summed E-state index contributed by atoms with van der Waals surface area (Å²) in [6.45, 7) is 8.16. The van der Waals surface area contributed by atoms with Crippen molar-refractivity contribution in [3.05, 3.63) is 47.2 Å². The number of aromatic hydroxyl groups is 1. The lowest BCUT2D eigenvalue weighted by Crippen LogP contribution is -2.02. The molecule has 3 rings (SSSR count). The van der Waals surface area contributed by atoms with Gasteiger partial charge in [0.1, 0.15) is 0 Å². The molecule has 114 valence electrons. The zero-order valence-electron chi connectivity index (χ0n) is 13.5. The third-order valence-electron chi connectivity index (χ3n) is 4.04. The summed E-state index contributed by atoms with van der Waals surface area (Å²) in [6, 6.07) is 10.3. The Morgan fingerprint density at radius 2 is 1.86 bits per heavy atom. The van der Waals surface area contributed by atoms with Crippen molar-refractivity contribution >= 4 is 5.65 Å². The second kappa shape index (κ2) is 5.44. The standard InChI is InChI=1S/C18H21N3O/c1-5-13-6-8-14(9-7-13)15-10-16-19-12(4)17(11(2)3)18(22)21(16)20-15/h6-11,22H,5H2,1-4H3. The molecule has 0 atom stereocenters. The number of hydrogen-bond donors (Lipinski definition) is 1. The van der Waals surface area contributed by atoms with Crippen LogP contribution in [-0.2, 0) is 6.42 Å². The molecule has 0 saturated heterocycles. The molecule has 0 fully saturated rings. The molecule has 0 saturated carbocycles. The van der Waals surface area contributed by atoms with Gasteiger partial charge in [0.05, 0.1) is 5.69 Å². The van der Waals surface area contributed by atoms with Gasteiger partial charge in [-0.3, -0.25) is 0 Å². The van der Waals surface area contributed by atoms with Crippen molar-refractivity contribution in [3.8, 4) is 17.1 Å². The molecule has 0 spiro atoms. The van der Waals surface area contributed by atoms with E-state index in [0.29, 0.717) is 5.65 Å². The van der Waals surface area contributed by atoms with Crippen LogP contribution >= 0.6 is 0 Å². The van der Waals surface area contributed by atoms with Gasteiger partial charge in [0.2, 0.25) is 5.88 Å². The summed E-state index contributed by atoms with van der Waals surface area (Å²) in [4.78, 5) is 4.58. The predicted octanol–water partition coefficient (Wildman–Crippen LogP) is 4.10. The Bertz CT molecular complexity index is 816. The molecule has 0 bridgehead atoms. The zero-order valence-corrected chi connectivity index (χ0v) is 13.5. The van der Waals surface area contributed by atoms with Crippen molar-refractivity contribution in [1.82, 2.24) is 14.6 Å². The summed E-state index contributed by atoms with van der Waals surface area (Å²) < 4.78 is 1.53. The third-order valence-corrected chi connectivity index (χ3v) is 4.04. The maximum Gasteiger partial charge on any atom is 0.219 e. The van der Waals surface area contributed by atoms with E-state index in [1.54, 1.807) is 0 Å². The van der Waals surface area contributed by atoms with Crippen molar-refractivity contribution in [2.24, 2.45) is 0 Å². The fourth-order valence-electron chi connectivity index (χ4n) is 2.84. The number of nitrogens with zero attached hydrogens (tertiary/aromatic N) is 3. The lowest BCUT2D eigenvalue weighted by Gasteiger charge is -2.11. The number of rotatable bonds is 3. The number of hydrogen-bond acceptors (Lipinski definition) is 3. The van der Waals surface area contributed by atoms with E-state index in [1.165, 1.54) is 10.1 Å². The summed E-state index contributed by atoms with van der Waals surface area (Å²) in [7, 11) is 0. The Kier molecular flexibility index (Phi) is 3.61. The molecule has 4 heteroatoms. The highest BCUT2D eigenvalue weighted by Gasteiger charge is 2.17. The van der Waals surface area contributed by atoms with Crippen LogP contribution in [0.4, 0.5) is 0 Å². The molecule has 1 aromatic carbocycles. The third kappa shape index (κ3) is 2.34. The normalized spacial score (nSPS) is 11.5. The van der Waals surface area contributed by atoms with E-state index in [9.17, 15) is 5.11 Å². The van der Waals surface area contributed by atoms with Crippen molar-refractivity contribution in [3.63, 3.8) is 0 Å². The fourth-order valence-corrected chi connectivity index (χ4v) is 2.84. The SMILES string of the molecule is CCc1ccc(-c2cc3nc(C)c(C(C)C)c(O)n3n2)cc1. The predicted molar refractivity (Wildman–Crippen MR) is 88.3 cm³/mol. The van der Waals surface area contributed by atoms with Crippen molar-refractivity contribution < 1.29 is 5.11 Å². The molecule has 0 amide bonds. The van der Waals surface area contributed by atoms with Crippen LogP contribution in [-0.4, -0.2) is 19.7 Å². The highest BCUT2D eigenvalue weighted by Crippen LogP contribution is 2.30. The van der Waals surface area contributed by atoms with Crippen molar-refractivity contribution in [2.45, 2.75) is 40.0 Å². The van der Waals surface area contributed by atoms with E-state index < -0.39 is 0 Å².